The van der Waals surface area contributed by atoms with E-state index in [4.69, 9.17) is 4.74 Å². The quantitative estimate of drug-likeness (QED) is 0.385. The summed E-state index contributed by atoms with van der Waals surface area (Å²) < 4.78 is 47.4. The van der Waals surface area contributed by atoms with Gasteiger partial charge in [-0.25, -0.2) is 9.67 Å². The van der Waals surface area contributed by atoms with Crippen LogP contribution in [0.15, 0.2) is 24.3 Å². The van der Waals surface area contributed by atoms with Gasteiger partial charge in [0, 0.05) is 43.0 Å². The number of hydrogen-bond donors (Lipinski definition) is 3. The molecule has 0 aliphatic carbocycles. The zero-order valence-electron chi connectivity index (χ0n) is 21.3. The van der Waals surface area contributed by atoms with Crippen molar-refractivity contribution in [1.29, 1.82) is 0 Å². The maximum atomic E-state index is 13.4. The van der Waals surface area contributed by atoms with E-state index in [-0.39, 0.29) is 22.4 Å². The van der Waals surface area contributed by atoms with Gasteiger partial charge in [0.05, 0.1) is 6.10 Å². The molecule has 3 atom stereocenters. The van der Waals surface area contributed by atoms with Crippen LogP contribution in [-0.2, 0) is 23.8 Å². The van der Waals surface area contributed by atoms with Gasteiger partial charge >= 0.3 is 6.18 Å². The molecule has 0 saturated carbocycles. The normalized spacial score (nSPS) is 20.7. The number of hydrogen-bond acceptors (Lipinski definition) is 8. The Balaban J connectivity index is 1.30. The van der Waals surface area contributed by atoms with E-state index in [1.165, 1.54) is 15.8 Å². The van der Waals surface area contributed by atoms with E-state index >= 15 is 0 Å². The second kappa shape index (κ2) is 11.2. The second-order valence-electron chi connectivity index (χ2n) is 10.2. The molecule has 38 heavy (non-hydrogen) atoms. The fourth-order valence-electron chi connectivity index (χ4n) is 5.13. The summed E-state index contributed by atoms with van der Waals surface area (Å²) in [6, 6.07) is 8.41. The van der Waals surface area contributed by atoms with Gasteiger partial charge < -0.3 is 25.2 Å². The van der Waals surface area contributed by atoms with E-state index in [0.717, 1.165) is 38.8 Å². The van der Waals surface area contributed by atoms with Gasteiger partial charge in [-0.15, -0.1) is 5.10 Å². The second-order valence-corrected chi connectivity index (χ2v) is 11.7. The Kier molecular flexibility index (Phi) is 7.89. The first-order valence-corrected chi connectivity index (χ1v) is 14.2. The molecule has 0 amide bonds. The Morgan fingerprint density at radius 2 is 1.84 bits per heavy atom. The van der Waals surface area contributed by atoms with E-state index in [1.807, 2.05) is 0 Å². The lowest BCUT2D eigenvalue weighted by Crippen LogP contribution is -2.38. The number of fused-ring (bicyclic) bond motifs is 2. The van der Waals surface area contributed by atoms with Crippen molar-refractivity contribution in [2.75, 3.05) is 38.1 Å². The smallest absolute Gasteiger partial charge is 0.451 e. The van der Waals surface area contributed by atoms with Crippen molar-refractivity contribution in [2.45, 2.75) is 56.2 Å². The van der Waals surface area contributed by atoms with E-state index in [9.17, 15) is 23.4 Å². The molecule has 2 aliphatic rings. The van der Waals surface area contributed by atoms with E-state index in [0.29, 0.717) is 36.4 Å². The number of alkyl halides is 3. The van der Waals surface area contributed by atoms with Crippen molar-refractivity contribution in [3.8, 4) is 5.88 Å². The van der Waals surface area contributed by atoms with Crippen molar-refractivity contribution in [3.63, 3.8) is 0 Å². The lowest BCUT2D eigenvalue weighted by Gasteiger charge is -2.27. The molecule has 4 heterocycles. The fraction of sp³-hybridized carbons (Fsp3) is 0.560. The van der Waals surface area contributed by atoms with E-state index in [1.54, 1.807) is 0 Å². The van der Waals surface area contributed by atoms with Gasteiger partial charge in [0.2, 0.25) is 11.7 Å². The molecule has 2 aromatic heterocycles. The van der Waals surface area contributed by atoms with Gasteiger partial charge in [-0.1, -0.05) is 24.3 Å². The number of ether oxygens (including phenoxy) is 1. The summed E-state index contributed by atoms with van der Waals surface area (Å²) in [6.45, 7) is 3.06. The first kappa shape index (κ1) is 26.8. The highest BCUT2D eigenvalue weighted by atomic mass is 28.1. The molecule has 5 rings (SSSR count). The highest BCUT2D eigenvalue weighted by molar-refractivity contribution is 6.12. The number of halogens is 3. The van der Waals surface area contributed by atoms with Crippen molar-refractivity contribution in [3.05, 3.63) is 41.2 Å². The molecule has 2 unspecified atom stereocenters. The zero-order chi connectivity index (χ0) is 26.9. The molecule has 0 radical (unpaired) electrons. The molecule has 2 aliphatic heterocycles. The third-order valence-corrected chi connectivity index (χ3v) is 8.59. The molecule has 1 fully saturated rings. The van der Waals surface area contributed by atoms with Gasteiger partial charge in [-0.05, 0) is 48.8 Å². The van der Waals surface area contributed by atoms with E-state index in [2.05, 4.69) is 49.5 Å². The molecular formula is C25H33F3N6O3Si. The summed E-state index contributed by atoms with van der Waals surface area (Å²) in [4.78, 5) is 9.27. The molecule has 1 aromatic carbocycles. The first-order chi connectivity index (χ1) is 18.2. The minimum absolute atomic E-state index is 0.00183. The molecule has 206 valence electrons. The molecule has 0 bridgehead atoms. The van der Waals surface area contributed by atoms with Gasteiger partial charge in [-0.2, -0.15) is 18.2 Å². The third kappa shape index (κ3) is 5.80. The van der Waals surface area contributed by atoms with Crippen molar-refractivity contribution in [1.82, 2.24) is 24.6 Å². The van der Waals surface area contributed by atoms with Crippen LogP contribution in [0.3, 0.4) is 0 Å². The predicted octanol–water partition coefficient (Wildman–Crippen LogP) is 2.28. The average molecular weight is 551 g/mol. The minimum Gasteiger partial charge on any atom is -0.492 e. The summed E-state index contributed by atoms with van der Waals surface area (Å²) in [7, 11) is 0.656. The maximum Gasteiger partial charge on any atom is 0.451 e. The zero-order valence-corrected chi connectivity index (χ0v) is 23.3. The number of nitrogens with one attached hydrogen (secondary N) is 1. The van der Waals surface area contributed by atoms with Crippen LogP contribution in [0, 0.1) is 0 Å². The Morgan fingerprint density at radius 3 is 2.47 bits per heavy atom. The number of β-amino-alcohol motifs (C(OH)–C–C–N with tert-alkyl or cyclic N) is 1. The topological polar surface area (TPSA) is 109 Å². The van der Waals surface area contributed by atoms with Gasteiger partial charge in [-0.3, -0.25) is 0 Å². The number of aromatic nitrogens is 4. The van der Waals surface area contributed by atoms with Gasteiger partial charge in [0.25, 0.3) is 0 Å². The van der Waals surface area contributed by atoms with Crippen LogP contribution in [0.25, 0.3) is 11.0 Å². The highest BCUT2D eigenvalue weighted by Gasteiger charge is 2.37. The number of benzene rings is 1. The number of aliphatic hydroxyl groups excluding tert-OH is 1. The first-order valence-electron chi connectivity index (χ1n) is 13.1. The van der Waals surface area contributed by atoms with E-state index < -0.39 is 30.2 Å². The summed E-state index contributed by atoms with van der Waals surface area (Å²) in [5.74, 6) is -2.11. The van der Waals surface area contributed by atoms with Crippen LogP contribution in [0.1, 0.15) is 42.4 Å². The number of anilines is 1. The molecule has 13 heteroatoms. The largest absolute Gasteiger partial charge is 0.492 e. The number of aromatic hydroxyl groups is 1. The standard InChI is InChI=1S/C25H33F3N6O3Si/c26-25(27,28)24-30-20-21(23(36)31-24)34(19-7-3-4-12-37-19)32-22(20)29-13-18(38)17(35)14-33-10-8-15-5-1-2-6-16(15)9-11-33/h1-2,5-6,17-19,35H,3-4,7-14H2,38H3,(H,29,32)(H,30,31,36)/t17-,18?,19?/m1/s1. The summed E-state index contributed by atoms with van der Waals surface area (Å²) >= 11 is 0. The Morgan fingerprint density at radius 1 is 1.13 bits per heavy atom. The molecule has 3 aromatic rings. The Bertz CT molecular complexity index is 1240. The van der Waals surface area contributed by atoms with Crippen LogP contribution >= 0.6 is 0 Å². The van der Waals surface area contributed by atoms with Crippen LogP contribution in [0.5, 0.6) is 5.88 Å². The third-order valence-electron chi connectivity index (χ3n) is 7.42. The minimum atomic E-state index is -4.82. The molecule has 0 spiro atoms. The van der Waals surface area contributed by atoms with Gasteiger partial charge in [0.1, 0.15) is 5.52 Å². The number of aliphatic hydroxyl groups is 1. The van der Waals surface area contributed by atoms with Crippen molar-refractivity contribution >= 4 is 27.1 Å². The fourth-order valence-corrected chi connectivity index (χ4v) is 5.54. The van der Waals surface area contributed by atoms with Crippen LogP contribution in [-0.4, -0.2) is 84.0 Å². The summed E-state index contributed by atoms with van der Waals surface area (Å²) in [6.07, 6.45) is -1.72. The lowest BCUT2D eigenvalue weighted by atomic mass is 10.0. The molecular weight excluding hydrogens is 517 g/mol. The summed E-state index contributed by atoms with van der Waals surface area (Å²) in [5.41, 5.74) is 2.49. The van der Waals surface area contributed by atoms with Crippen LogP contribution < -0.4 is 5.32 Å². The van der Waals surface area contributed by atoms with Gasteiger partial charge in [0.15, 0.2) is 17.6 Å². The molecule has 3 N–H and O–H groups in total. The maximum absolute atomic E-state index is 13.4. The van der Waals surface area contributed by atoms with Crippen molar-refractivity contribution < 1.29 is 28.1 Å². The number of rotatable bonds is 7. The molecule has 1 saturated heterocycles. The highest BCUT2D eigenvalue weighted by Crippen LogP contribution is 2.36. The predicted molar refractivity (Wildman–Crippen MR) is 139 cm³/mol. The monoisotopic (exact) mass is 550 g/mol. The Hall–Kier alpha value is -2.74. The van der Waals surface area contributed by atoms with Crippen LogP contribution in [0.4, 0.5) is 19.0 Å². The SMILES string of the molecule is Oc1nc(C(F)(F)F)nc2c(NCC([SiH3])[C@H](O)CN3CCc4ccccc4CC3)nn(C3CCCCO3)c12. The average Bonchev–Trinajstić information content (AvgIpc) is 3.16. The Labute approximate surface area is 221 Å². The van der Waals surface area contributed by atoms with Crippen LogP contribution in [0.2, 0.25) is 5.54 Å². The lowest BCUT2D eigenvalue weighted by molar-refractivity contribution is -0.145. The van der Waals surface area contributed by atoms with Crippen molar-refractivity contribution in [2.24, 2.45) is 0 Å². The molecule has 9 nitrogen and oxygen atoms in total. The summed E-state index contributed by atoms with van der Waals surface area (Å²) in [5, 5.41) is 29.0. The number of nitrogens with zero attached hydrogens (tertiary/aromatic N) is 5.